The Morgan fingerprint density at radius 1 is 1.70 bits per heavy atom. The highest BCUT2D eigenvalue weighted by atomic mass is 16.6. The quantitative estimate of drug-likeness (QED) is 0.347. The minimum absolute atomic E-state index is 0.612. The van der Waals surface area contributed by atoms with Gasteiger partial charge in [0.25, 0.3) is 0 Å². The Morgan fingerprint density at radius 2 is 2.40 bits per heavy atom. The summed E-state index contributed by atoms with van der Waals surface area (Å²) in [5.74, 6) is 0.612. The first-order valence-electron chi connectivity index (χ1n) is 3.72. The lowest BCUT2D eigenvalue weighted by atomic mass is 10.1. The number of allylic oxidation sites excluding steroid dienone is 1. The summed E-state index contributed by atoms with van der Waals surface area (Å²) in [4.78, 5) is 4.94. The Balaban J connectivity index is 2.95. The van der Waals surface area contributed by atoms with Crippen LogP contribution in [0.1, 0.15) is 19.8 Å². The maximum Gasteiger partial charge on any atom is 0.0682 e. The third-order valence-electron chi connectivity index (χ3n) is 1.45. The van der Waals surface area contributed by atoms with Crippen LogP contribution >= 0.6 is 0 Å². The van der Waals surface area contributed by atoms with Crippen molar-refractivity contribution >= 4 is 0 Å². The van der Waals surface area contributed by atoms with Gasteiger partial charge in [-0.25, -0.2) is 5.48 Å². The molecule has 0 amide bonds. The van der Waals surface area contributed by atoms with Crippen LogP contribution in [0, 0.1) is 5.92 Å². The van der Waals surface area contributed by atoms with Crippen molar-refractivity contribution in [2.45, 2.75) is 19.8 Å². The highest BCUT2D eigenvalue weighted by Gasteiger charge is 1.94. The van der Waals surface area contributed by atoms with Gasteiger partial charge in [0.15, 0.2) is 0 Å². The van der Waals surface area contributed by atoms with E-state index in [2.05, 4.69) is 19.0 Å². The molecule has 0 saturated carbocycles. The van der Waals surface area contributed by atoms with Gasteiger partial charge in [-0.3, -0.25) is 0 Å². The van der Waals surface area contributed by atoms with E-state index >= 15 is 0 Å². The molecule has 0 saturated heterocycles. The Bertz CT molecular complexity index is 83.3. The van der Waals surface area contributed by atoms with Crippen molar-refractivity contribution < 1.29 is 4.84 Å². The summed E-state index contributed by atoms with van der Waals surface area (Å²) in [6.07, 6.45) is 4.22. The van der Waals surface area contributed by atoms with E-state index in [0.717, 1.165) is 19.4 Å². The lowest BCUT2D eigenvalue weighted by Crippen LogP contribution is -2.08. The van der Waals surface area contributed by atoms with Crippen molar-refractivity contribution in [1.82, 2.24) is 5.48 Å². The van der Waals surface area contributed by atoms with Gasteiger partial charge in [0.2, 0.25) is 0 Å². The molecule has 0 spiro atoms. The fourth-order valence-electron chi connectivity index (χ4n) is 0.697. The summed E-state index contributed by atoms with van der Waals surface area (Å²) in [6.45, 7) is 6.65. The monoisotopic (exact) mass is 143 g/mol. The zero-order chi connectivity index (χ0) is 7.82. The normalized spacial score (nSPS) is 13.0. The molecular formula is C8H17NO. The van der Waals surface area contributed by atoms with Crippen molar-refractivity contribution in [3.63, 3.8) is 0 Å². The van der Waals surface area contributed by atoms with E-state index in [9.17, 15) is 0 Å². The molecule has 60 valence electrons. The minimum Gasteiger partial charge on any atom is -0.302 e. The van der Waals surface area contributed by atoms with E-state index in [1.165, 1.54) is 0 Å². The molecule has 0 bridgehead atoms. The average Bonchev–Trinajstić information content (AvgIpc) is 1.98. The van der Waals surface area contributed by atoms with Crippen molar-refractivity contribution in [1.29, 1.82) is 0 Å². The molecule has 0 radical (unpaired) electrons. The van der Waals surface area contributed by atoms with E-state index < -0.39 is 0 Å². The maximum absolute atomic E-state index is 4.94. The minimum atomic E-state index is 0.612. The van der Waals surface area contributed by atoms with E-state index in [1.807, 2.05) is 6.08 Å². The van der Waals surface area contributed by atoms with Crippen LogP contribution in [0.4, 0.5) is 0 Å². The largest absolute Gasteiger partial charge is 0.302 e. The van der Waals surface area contributed by atoms with Crippen LogP contribution in [0.3, 0.4) is 0 Å². The summed E-state index contributed by atoms with van der Waals surface area (Å²) in [5, 5.41) is 0. The van der Waals surface area contributed by atoms with Gasteiger partial charge in [-0.15, -0.1) is 6.58 Å². The van der Waals surface area contributed by atoms with E-state index in [4.69, 9.17) is 4.84 Å². The smallest absolute Gasteiger partial charge is 0.0682 e. The van der Waals surface area contributed by atoms with E-state index in [-0.39, 0.29) is 0 Å². The Labute approximate surface area is 63.2 Å². The molecule has 1 N–H and O–H groups in total. The van der Waals surface area contributed by atoms with Gasteiger partial charge in [-0.1, -0.05) is 13.0 Å². The van der Waals surface area contributed by atoms with Crippen LogP contribution in [0.2, 0.25) is 0 Å². The highest BCUT2D eigenvalue weighted by molar-refractivity contribution is 4.74. The van der Waals surface area contributed by atoms with Gasteiger partial charge in [-0.2, -0.15) is 0 Å². The molecule has 0 aliphatic rings. The van der Waals surface area contributed by atoms with Gasteiger partial charge < -0.3 is 4.84 Å². The van der Waals surface area contributed by atoms with E-state index in [1.54, 1.807) is 7.05 Å². The van der Waals surface area contributed by atoms with Crippen LogP contribution in [0.25, 0.3) is 0 Å². The van der Waals surface area contributed by atoms with Gasteiger partial charge in [0, 0.05) is 7.05 Å². The summed E-state index contributed by atoms with van der Waals surface area (Å²) < 4.78 is 0. The van der Waals surface area contributed by atoms with Crippen LogP contribution in [0.15, 0.2) is 12.7 Å². The SMILES string of the molecule is C=CC(C)CCCONC. The van der Waals surface area contributed by atoms with Gasteiger partial charge in [0.1, 0.15) is 0 Å². The fraction of sp³-hybridized carbons (Fsp3) is 0.750. The second-order valence-corrected chi connectivity index (χ2v) is 2.41. The standard InChI is InChI=1S/C8H17NO/c1-4-8(2)6-5-7-10-9-3/h4,8-9H,1,5-7H2,2-3H3. The summed E-state index contributed by atoms with van der Waals surface area (Å²) in [5.41, 5.74) is 2.63. The van der Waals surface area contributed by atoms with Gasteiger partial charge in [0.05, 0.1) is 6.61 Å². The topological polar surface area (TPSA) is 21.3 Å². The van der Waals surface area contributed by atoms with Crippen molar-refractivity contribution in [2.24, 2.45) is 5.92 Å². The zero-order valence-corrected chi connectivity index (χ0v) is 6.89. The molecule has 0 fully saturated rings. The number of hydrogen-bond acceptors (Lipinski definition) is 2. The van der Waals surface area contributed by atoms with Crippen molar-refractivity contribution in [3.8, 4) is 0 Å². The van der Waals surface area contributed by atoms with Crippen LogP contribution < -0.4 is 5.48 Å². The molecule has 2 heteroatoms. The molecule has 2 nitrogen and oxygen atoms in total. The summed E-state index contributed by atoms with van der Waals surface area (Å²) in [7, 11) is 1.77. The molecule has 1 unspecified atom stereocenters. The Hall–Kier alpha value is -0.340. The predicted octanol–water partition coefficient (Wildman–Crippen LogP) is 1.74. The molecule has 0 aromatic rings. The summed E-state index contributed by atoms with van der Waals surface area (Å²) in [6, 6.07) is 0. The van der Waals surface area contributed by atoms with Crippen LogP contribution in [-0.2, 0) is 4.84 Å². The fourth-order valence-corrected chi connectivity index (χ4v) is 0.697. The molecule has 10 heavy (non-hydrogen) atoms. The molecule has 0 heterocycles. The van der Waals surface area contributed by atoms with Crippen molar-refractivity contribution in [2.75, 3.05) is 13.7 Å². The molecule has 0 aliphatic carbocycles. The molecule has 0 aromatic carbocycles. The molecular weight excluding hydrogens is 126 g/mol. The third-order valence-corrected chi connectivity index (χ3v) is 1.45. The number of nitrogens with one attached hydrogen (secondary N) is 1. The lowest BCUT2D eigenvalue weighted by Gasteiger charge is -2.04. The zero-order valence-electron chi connectivity index (χ0n) is 6.89. The number of rotatable bonds is 6. The van der Waals surface area contributed by atoms with Crippen molar-refractivity contribution in [3.05, 3.63) is 12.7 Å². The van der Waals surface area contributed by atoms with Gasteiger partial charge in [-0.05, 0) is 18.8 Å². The summed E-state index contributed by atoms with van der Waals surface area (Å²) >= 11 is 0. The molecule has 0 aliphatic heterocycles. The average molecular weight is 143 g/mol. The van der Waals surface area contributed by atoms with Gasteiger partial charge >= 0.3 is 0 Å². The Morgan fingerprint density at radius 3 is 2.90 bits per heavy atom. The van der Waals surface area contributed by atoms with Crippen LogP contribution in [0.5, 0.6) is 0 Å². The molecule has 0 aromatic heterocycles. The predicted molar refractivity (Wildman–Crippen MR) is 43.6 cm³/mol. The van der Waals surface area contributed by atoms with E-state index in [0.29, 0.717) is 5.92 Å². The third kappa shape index (κ3) is 5.79. The second kappa shape index (κ2) is 6.78. The van der Waals surface area contributed by atoms with Crippen LogP contribution in [-0.4, -0.2) is 13.7 Å². The first kappa shape index (κ1) is 9.66. The lowest BCUT2D eigenvalue weighted by molar-refractivity contribution is 0.0542. The number of hydrogen-bond donors (Lipinski definition) is 1. The molecule has 1 atom stereocenters. The molecule has 0 rings (SSSR count). The number of hydroxylamine groups is 1. The Kier molecular flexibility index (Phi) is 6.55. The first-order chi connectivity index (χ1) is 4.81. The highest BCUT2D eigenvalue weighted by Crippen LogP contribution is 2.04. The first-order valence-corrected chi connectivity index (χ1v) is 3.72. The maximum atomic E-state index is 4.94. The second-order valence-electron chi connectivity index (χ2n) is 2.41.